The van der Waals surface area contributed by atoms with Gasteiger partial charge in [-0.3, -0.25) is 0 Å². The third kappa shape index (κ3) is 5.06. The molecule has 9 heavy (non-hydrogen) atoms. The lowest BCUT2D eigenvalue weighted by Crippen LogP contribution is -2.13. The molecule has 0 saturated carbocycles. The van der Waals surface area contributed by atoms with Crippen molar-refractivity contribution < 1.29 is 14.0 Å². The normalized spacial score (nSPS) is 17.2. The van der Waals surface area contributed by atoms with Crippen LogP contribution in [0.25, 0.3) is 0 Å². The SMILES string of the molecule is COP(=O)(O)NCCBr. The van der Waals surface area contributed by atoms with Crippen molar-refractivity contribution in [3.05, 3.63) is 0 Å². The van der Waals surface area contributed by atoms with Crippen LogP contribution in [-0.4, -0.2) is 23.9 Å². The Kier molecular flexibility index (Phi) is 4.70. The summed E-state index contributed by atoms with van der Waals surface area (Å²) in [5.74, 6) is 0. The number of hydrogen-bond acceptors (Lipinski definition) is 2. The Balaban J connectivity index is 3.46. The zero-order chi connectivity index (χ0) is 7.33. The lowest BCUT2D eigenvalue weighted by Gasteiger charge is -2.07. The quantitative estimate of drug-likeness (QED) is 0.539. The Morgan fingerprint density at radius 1 is 1.89 bits per heavy atom. The molecule has 2 N–H and O–H groups in total. The van der Waals surface area contributed by atoms with Crippen molar-refractivity contribution in [2.75, 3.05) is 19.0 Å². The molecule has 0 aromatic carbocycles. The average molecular weight is 218 g/mol. The molecular weight excluding hydrogens is 209 g/mol. The monoisotopic (exact) mass is 217 g/mol. The van der Waals surface area contributed by atoms with E-state index in [1.165, 1.54) is 7.11 Å². The standard InChI is InChI=1S/C3H9BrNO3P/c1-8-9(6,7)5-3-2-4/h2-3H2,1H3,(H2,5,6,7). The van der Waals surface area contributed by atoms with E-state index in [0.29, 0.717) is 11.9 Å². The molecule has 0 aromatic rings. The lowest BCUT2D eigenvalue weighted by molar-refractivity contribution is 0.304. The van der Waals surface area contributed by atoms with Gasteiger partial charge >= 0.3 is 7.75 Å². The van der Waals surface area contributed by atoms with E-state index in [-0.39, 0.29) is 0 Å². The zero-order valence-electron chi connectivity index (χ0n) is 5.00. The average Bonchev–Trinajstić information content (AvgIpc) is 1.84. The summed E-state index contributed by atoms with van der Waals surface area (Å²) in [4.78, 5) is 8.66. The molecule has 0 aliphatic rings. The zero-order valence-corrected chi connectivity index (χ0v) is 7.48. The molecule has 0 saturated heterocycles. The Morgan fingerprint density at radius 2 is 2.44 bits per heavy atom. The topological polar surface area (TPSA) is 58.6 Å². The molecule has 4 nitrogen and oxygen atoms in total. The maximum atomic E-state index is 10.5. The number of rotatable bonds is 4. The largest absolute Gasteiger partial charge is 0.402 e. The first-order chi connectivity index (χ1) is 4.12. The van der Waals surface area contributed by atoms with Gasteiger partial charge in [0, 0.05) is 19.0 Å². The van der Waals surface area contributed by atoms with Crippen LogP contribution in [0, 0.1) is 0 Å². The molecule has 6 heteroatoms. The summed E-state index contributed by atoms with van der Waals surface area (Å²) in [7, 11) is -2.29. The van der Waals surface area contributed by atoms with Gasteiger partial charge in [0.05, 0.1) is 0 Å². The van der Waals surface area contributed by atoms with Crippen LogP contribution in [0.5, 0.6) is 0 Å². The second-order valence-electron chi connectivity index (χ2n) is 1.30. The molecule has 0 radical (unpaired) electrons. The van der Waals surface area contributed by atoms with E-state index in [1.54, 1.807) is 0 Å². The minimum atomic E-state index is -3.47. The van der Waals surface area contributed by atoms with E-state index >= 15 is 0 Å². The van der Waals surface area contributed by atoms with Gasteiger partial charge in [0.15, 0.2) is 0 Å². The molecule has 1 atom stereocenters. The van der Waals surface area contributed by atoms with Crippen molar-refractivity contribution in [2.24, 2.45) is 0 Å². The van der Waals surface area contributed by atoms with Gasteiger partial charge in [-0.25, -0.2) is 9.65 Å². The highest BCUT2D eigenvalue weighted by Gasteiger charge is 2.13. The van der Waals surface area contributed by atoms with Crippen molar-refractivity contribution in [1.29, 1.82) is 0 Å². The number of hydrogen-bond donors (Lipinski definition) is 2. The molecule has 0 heterocycles. The fourth-order valence-corrected chi connectivity index (χ4v) is 1.28. The maximum Gasteiger partial charge on any atom is 0.402 e. The minimum Gasteiger partial charge on any atom is -0.312 e. The molecular formula is C3H9BrNO3P. The van der Waals surface area contributed by atoms with Crippen LogP contribution in [0.15, 0.2) is 0 Å². The van der Waals surface area contributed by atoms with E-state index < -0.39 is 7.75 Å². The van der Waals surface area contributed by atoms with Gasteiger partial charge in [-0.05, 0) is 0 Å². The van der Waals surface area contributed by atoms with Crippen molar-refractivity contribution >= 4 is 23.7 Å². The summed E-state index contributed by atoms with van der Waals surface area (Å²) in [6.45, 7) is 0.418. The first kappa shape index (κ1) is 9.59. The Labute approximate surface area is 62.3 Å². The fourth-order valence-electron chi connectivity index (χ4n) is 0.248. The van der Waals surface area contributed by atoms with Crippen LogP contribution in [0.2, 0.25) is 0 Å². The van der Waals surface area contributed by atoms with E-state index in [4.69, 9.17) is 4.89 Å². The molecule has 0 amide bonds. The van der Waals surface area contributed by atoms with Gasteiger partial charge < -0.3 is 9.42 Å². The molecule has 1 unspecified atom stereocenters. The molecule has 0 aliphatic carbocycles. The number of halogens is 1. The molecule has 0 aliphatic heterocycles. The number of nitrogens with one attached hydrogen (secondary N) is 1. The lowest BCUT2D eigenvalue weighted by atomic mass is 10.8. The van der Waals surface area contributed by atoms with Crippen LogP contribution in [0.1, 0.15) is 0 Å². The van der Waals surface area contributed by atoms with Crippen LogP contribution >= 0.6 is 23.7 Å². The summed E-state index contributed by atoms with van der Waals surface area (Å²) in [6.07, 6.45) is 0. The summed E-state index contributed by atoms with van der Waals surface area (Å²) in [5, 5.41) is 2.93. The van der Waals surface area contributed by atoms with Gasteiger partial charge in [0.25, 0.3) is 0 Å². The first-order valence-electron chi connectivity index (χ1n) is 2.32. The Bertz CT molecular complexity index is 120. The molecule has 0 fully saturated rings. The highest BCUT2D eigenvalue weighted by atomic mass is 79.9. The molecule has 0 spiro atoms. The Morgan fingerprint density at radius 3 is 2.78 bits per heavy atom. The summed E-state index contributed by atoms with van der Waals surface area (Å²) in [6, 6.07) is 0. The number of alkyl halides is 1. The second kappa shape index (κ2) is 4.41. The Hall–Kier alpha value is 0.590. The van der Waals surface area contributed by atoms with E-state index in [9.17, 15) is 4.57 Å². The summed E-state index contributed by atoms with van der Waals surface area (Å²) in [5.41, 5.74) is 0. The van der Waals surface area contributed by atoms with Gasteiger partial charge in [-0.15, -0.1) is 0 Å². The summed E-state index contributed by atoms with van der Waals surface area (Å²) < 4.78 is 14.8. The summed E-state index contributed by atoms with van der Waals surface area (Å²) >= 11 is 3.08. The highest BCUT2D eigenvalue weighted by molar-refractivity contribution is 9.09. The first-order valence-corrected chi connectivity index (χ1v) is 5.02. The predicted octanol–water partition coefficient (Wildman–Crippen LogP) is 0.718. The van der Waals surface area contributed by atoms with Crippen LogP contribution in [0.3, 0.4) is 0 Å². The van der Waals surface area contributed by atoms with Gasteiger partial charge in [0.1, 0.15) is 0 Å². The van der Waals surface area contributed by atoms with Crippen molar-refractivity contribution in [2.45, 2.75) is 0 Å². The molecule has 0 aromatic heterocycles. The van der Waals surface area contributed by atoms with E-state index in [1.807, 2.05) is 0 Å². The molecule has 0 bridgehead atoms. The fraction of sp³-hybridized carbons (Fsp3) is 1.00. The van der Waals surface area contributed by atoms with Gasteiger partial charge in [-0.2, -0.15) is 0 Å². The van der Waals surface area contributed by atoms with Crippen molar-refractivity contribution in [3.8, 4) is 0 Å². The van der Waals surface area contributed by atoms with Crippen molar-refractivity contribution in [1.82, 2.24) is 5.09 Å². The third-order valence-corrected chi connectivity index (χ3v) is 2.17. The maximum absolute atomic E-state index is 10.5. The van der Waals surface area contributed by atoms with Crippen LogP contribution in [0.4, 0.5) is 0 Å². The third-order valence-electron chi connectivity index (χ3n) is 0.654. The minimum absolute atomic E-state index is 0.418. The van der Waals surface area contributed by atoms with E-state index in [2.05, 4.69) is 25.5 Å². The highest BCUT2D eigenvalue weighted by Crippen LogP contribution is 2.34. The van der Waals surface area contributed by atoms with Crippen LogP contribution < -0.4 is 5.09 Å². The van der Waals surface area contributed by atoms with E-state index in [0.717, 1.165) is 0 Å². The smallest absolute Gasteiger partial charge is 0.312 e. The second-order valence-corrected chi connectivity index (χ2v) is 3.82. The molecule has 56 valence electrons. The molecule has 0 rings (SSSR count). The van der Waals surface area contributed by atoms with Gasteiger partial charge in [-0.1, -0.05) is 15.9 Å². The van der Waals surface area contributed by atoms with Crippen molar-refractivity contribution in [3.63, 3.8) is 0 Å². The van der Waals surface area contributed by atoms with Crippen LogP contribution in [-0.2, 0) is 9.09 Å². The van der Waals surface area contributed by atoms with Gasteiger partial charge in [0.2, 0.25) is 0 Å². The predicted molar refractivity (Wildman–Crippen MR) is 38.6 cm³/mol.